The van der Waals surface area contributed by atoms with Crippen LogP contribution in [0.4, 0.5) is 0 Å². The summed E-state index contributed by atoms with van der Waals surface area (Å²) in [5, 5.41) is 0. The zero-order valence-electron chi connectivity index (χ0n) is 12.1. The van der Waals surface area contributed by atoms with E-state index in [1.807, 2.05) is 7.11 Å². The maximum Gasteiger partial charge on any atom is 0.0767 e. The standard InChI is InChI=1S/C14H28N2O2/c1-13(2)11-16(8-9-18-13)14(10-15)7-5-4-6-12(14)17-3/h12H,4-11,15H2,1-3H3. The third-order valence-corrected chi connectivity index (χ3v) is 4.62. The minimum absolute atomic E-state index is 0.0219. The van der Waals surface area contributed by atoms with Crippen LogP contribution in [0.3, 0.4) is 0 Å². The monoisotopic (exact) mass is 256 g/mol. The molecule has 0 amide bonds. The van der Waals surface area contributed by atoms with Gasteiger partial charge in [0.15, 0.2) is 0 Å². The smallest absolute Gasteiger partial charge is 0.0767 e. The van der Waals surface area contributed by atoms with Crippen molar-refractivity contribution in [2.45, 2.75) is 56.8 Å². The van der Waals surface area contributed by atoms with E-state index >= 15 is 0 Å². The van der Waals surface area contributed by atoms with Crippen molar-refractivity contribution in [1.82, 2.24) is 4.90 Å². The Morgan fingerprint density at radius 3 is 2.78 bits per heavy atom. The van der Waals surface area contributed by atoms with Crippen LogP contribution in [0.2, 0.25) is 0 Å². The summed E-state index contributed by atoms with van der Waals surface area (Å²) < 4.78 is 11.6. The van der Waals surface area contributed by atoms with Crippen molar-refractivity contribution in [1.29, 1.82) is 0 Å². The summed E-state index contributed by atoms with van der Waals surface area (Å²) >= 11 is 0. The van der Waals surface area contributed by atoms with Gasteiger partial charge < -0.3 is 15.2 Å². The molecule has 0 aromatic heterocycles. The normalized spacial score (nSPS) is 37.7. The molecule has 1 aliphatic heterocycles. The first-order valence-corrected chi connectivity index (χ1v) is 7.16. The fourth-order valence-electron chi connectivity index (χ4n) is 3.65. The van der Waals surface area contributed by atoms with Crippen LogP contribution in [0, 0.1) is 0 Å². The van der Waals surface area contributed by atoms with E-state index in [1.165, 1.54) is 12.8 Å². The highest BCUT2D eigenvalue weighted by molar-refractivity contribution is 5.03. The molecule has 2 rings (SSSR count). The molecule has 106 valence electrons. The number of rotatable bonds is 3. The summed E-state index contributed by atoms with van der Waals surface area (Å²) in [6.45, 7) is 7.72. The van der Waals surface area contributed by atoms with E-state index in [0.29, 0.717) is 6.54 Å². The molecule has 18 heavy (non-hydrogen) atoms. The molecule has 2 unspecified atom stereocenters. The Kier molecular flexibility index (Phi) is 4.32. The van der Waals surface area contributed by atoms with Crippen LogP contribution < -0.4 is 5.73 Å². The minimum Gasteiger partial charge on any atom is -0.379 e. The lowest BCUT2D eigenvalue weighted by molar-refractivity contribution is -0.152. The predicted molar refractivity (Wildman–Crippen MR) is 72.7 cm³/mol. The fourth-order valence-corrected chi connectivity index (χ4v) is 3.65. The van der Waals surface area contributed by atoms with E-state index in [4.69, 9.17) is 15.2 Å². The third kappa shape index (κ3) is 2.57. The van der Waals surface area contributed by atoms with Gasteiger partial charge in [0, 0.05) is 26.7 Å². The van der Waals surface area contributed by atoms with Gasteiger partial charge in [-0.05, 0) is 26.7 Å². The summed E-state index contributed by atoms with van der Waals surface area (Å²) in [6, 6.07) is 0. The van der Waals surface area contributed by atoms with Crippen LogP contribution in [0.15, 0.2) is 0 Å². The Labute approximate surface area is 111 Å². The third-order valence-electron chi connectivity index (χ3n) is 4.62. The number of ether oxygens (including phenoxy) is 2. The highest BCUT2D eigenvalue weighted by atomic mass is 16.5. The number of hydrogen-bond acceptors (Lipinski definition) is 4. The second-order valence-corrected chi connectivity index (χ2v) is 6.31. The molecule has 0 aromatic rings. The highest BCUT2D eigenvalue weighted by Crippen LogP contribution is 2.37. The van der Waals surface area contributed by atoms with Crippen molar-refractivity contribution in [2.24, 2.45) is 5.73 Å². The van der Waals surface area contributed by atoms with Crippen LogP contribution in [0.5, 0.6) is 0 Å². The largest absolute Gasteiger partial charge is 0.379 e. The molecular weight excluding hydrogens is 228 g/mol. The van der Waals surface area contributed by atoms with Gasteiger partial charge in [-0.15, -0.1) is 0 Å². The molecule has 0 bridgehead atoms. The molecule has 0 aromatic carbocycles. The topological polar surface area (TPSA) is 47.7 Å². The van der Waals surface area contributed by atoms with Crippen molar-refractivity contribution in [3.8, 4) is 0 Å². The van der Waals surface area contributed by atoms with E-state index in [9.17, 15) is 0 Å². The molecule has 2 aliphatic rings. The molecule has 1 saturated heterocycles. The van der Waals surface area contributed by atoms with E-state index in [2.05, 4.69) is 18.7 Å². The van der Waals surface area contributed by atoms with Gasteiger partial charge in [-0.1, -0.05) is 12.8 Å². The maximum absolute atomic E-state index is 6.16. The minimum atomic E-state index is -0.0733. The highest BCUT2D eigenvalue weighted by Gasteiger charge is 2.47. The number of methoxy groups -OCH3 is 1. The number of morpholine rings is 1. The molecule has 0 radical (unpaired) electrons. The Balaban J connectivity index is 2.19. The Bertz CT molecular complexity index is 283. The summed E-state index contributed by atoms with van der Waals surface area (Å²) in [7, 11) is 1.83. The molecule has 1 saturated carbocycles. The molecule has 2 fully saturated rings. The second kappa shape index (κ2) is 5.45. The molecule has 4 nitrogen and oxygen atoms in total. The van der Waals surface area contributed by atoms with E-state index in [1.54, 1.807) is 0 Å². The molecule has 2 N–H and O–H groups in total. The van der Waals surface area contributed by atoms with E-state index in [-0.39, 0.29) is 17.2 Å². The lowest BCUT2D eigenvalue weighted by atomic mass is 9.76. The first kappa shape index (κ1) is 14.3. The zero-order valence-corrected chi connectivity index (χ0v) is 12.1. The quantitative estimate of drug-likeness (QED) is 0.829. The average molecular weight is 256 g/mol. The lowest BCUT2D eigenvalue weighted by Gasteiger charge is -2.54. The Morgan fingerprint density at radius 2 is 2.17 bits per heavy atom. The summed E-state index contributed by atoms with van der Waals surface area (Å²) in [5.41, 5.74) is 6.11. The van der Waals surface area contributed by atoms with Crippen molar-refractivity contribution >= 4 is 0 Å². The van der Waals surface area contributed by atoms with Gasteiger partial charge in [0.1, 0.15) is 0 Å². The van der Waals surface area contributed by atoms with E-state index in [0.717, 1.165) is 32.5 Å². The number of nitrogens with two attached hydrogens (primary N) is 1. The molecule has 4 heteroatoms. The molecule has 1 heterocycles. The summed E-state index contributed by atoms with van der Waals surface area (Å²) in [5.74, 6) is 0. The van der Waals surface area contributed by atoms with Gasteiger partial charge >= 0.3 is 0 Å². The summed E-state index contributed by atoms with van der Waals surface area (Å²) in [4.78, 5) is 2.53. The zero-order chi connectivity index (χ0) is 13.2. The number of hydrogen-bond donors (Lipinski definition) is 1. The van der Waals surface area contributed by atoms with Gasteiger partial charge in [0.25, 0.3) is 0 Å². The molecule has 1 aliphatic carbocycles. The van der Waals surface area contributed by atoms with Gasteiger partial charge in [-0.2, -0.15) is 0 Å². The average Bonchev–Trinajstić information content (AvgIpc) is 2.37. The van der Waals surface area contributed by atoms with Crippen LogP contribution in [-0.4, -0.2) is 55.5 Å². The van der Waals surface area contributed by atoms with Crippen molar-refractivity contribution in [3.05, 3.63) is 0 Å². The van der Waals surface area contributed by atoms with Crippen LogP contribution >= 0.6 is 0 Å². The van der Waals surface area contributed by atoms with Crippen LogP contribution in [0.1, 0.15) is 39.5 Å². The molecule has 2 atom stereocenters. The first-order valence-electron chi connectivity index (χ1n) is 7.16. The predicted octanol–water partition coefficient (Wildman–Crippen LogP) is 1.38. The molecular formula is C14H28N2O2. The second-order valence-electron chi connectivity index (χ2n) is 6.31. The van der Waals surface area contributed by atoms with Crippen molar-refractivity contribution in [3.63, 3.8) is 0 Å². The van der Waals surface area contributed by atoms with Gasteiger partial charge in [-0.25, -0.2) is 0 Å². The summed E-state index contributed by atoms with van der Waals surface area (Å²) in [6.07, 6.45) is 5.07. The maximum atomic E-state index is 6.16. The van der Waals surface area contributed by atoms with Crippen LogP contribution in [0.25, 0.3) is 0 Å². The Hall–Kier alpha value is -0.160. The van der Waals surface area contributed by atoms with Crippen molar-refractivity contribution in [2.75, 3.05) is 33.4 Å². The van der Waals surface area contributed by atoms with Gasteiger partial charge in [0.05, 0.1) is 23.9 Å². The lowest BCUT2D eigenvalue weighted by Crippen LogP contribution is -2.67. The van der Waals surface area contributed by atoms with Crippen molar-refractivity contribution < 1.29 is 9.47 Å². The SMILES string of the molecule is COC1CCCCC1(CN)N1CCOC(C)(C)C1. The van der Waals surface area contributed by atoms with Gasteiger partial charge in [0.2, 0.25) is 0 Å². The molecule has 0 spiro atoms. The first-order chi connectivity index (χ1) is 8.54. The van der Waals surface area contributed by atoms with Gasteiger partial charge in [-0.3, -0.25) is 4.90 Å². The Morgan fingerprint density at radius 1 is 1.39 bits per heavy atom. The number of nitrogens with zero attached hydrogens (tertiary/aromatic N) is 1. The fraction of sp³-hybridized carbons (Fsp3) is 1.00. The van der Waals surface area contributed by atoms with Crippen LogP contribution in [-0.2, 0) is 9.47 Å². The van der Waals surface area contributed by atoms with E-state index < -0.39 is 0 Å².